The minimum atomic E-state index is -1.46. The second-order valence-electron chi connectivity index (χ2n) is 18.7. The summed E-state index contributed by atoms with van der Waals surface area (Å²) >= 11 is 7.95. The van der Waals surface area contributed by atoms with Crippen molar-refractivity contribution in [3.05, 3.63) is 88.4 Å². The summed E-state index contributed by atoms with van der Waals surface area (Å²) < 4.78 is 19.0. The fraction of sp³-hybridized carbons (Fsp3) is 0.490. The van der Waals surface area contributed by atoms with Crippen molar-refractivity contribution in [2.75, 3.05) is 32.1 Å². The fourth-order valence-corrected chi connectivity index (χ4v) is 9.67. The van der Waals surface area contributed by atoms with E-state index in [9.17, 15) is 39.6 Å². The van der Waals surface area contributed by atoms with Crippen LogP contribution < -0.4 is 15.8 Å². The predicted molar refractivity (Wildman–Crippen MR) is 257 cm³/mol. The van der Waals surface area contributed by atoms with Gasteiger partial charge in [-0.25, -0.2) is 15.0 Å². The number of carbonyl (C=O) groups excluding carboxylic acids is 4. The van der Waals surface area contributed by atoms with Gasteiger partial charge in [0, 0.05) is 57.3 Å². The summed E-state index contributed by atoms with van der Waals surface area (Å²) in [5.74, 6) is -1.26. The smallest absolute Gasteiger partial charge is 0.243 e. The summed E-state index contributed by atoms with van der Waals surface area (Å²) in [4.78, 5) is 68.4. The number of ether oxygens (including phenoxy) is 3. The lowest BCUT2D eigenvalue weighted by atomic mass is 9.76. The van der Waals surface area contributed by atoms with Crippen molar-refractivity contribution in [3.8, 4) is 16.2 Å². The number of nitrogen functional groups attached to an aromatic ring is 1. The van der Waals surface area contributed by atoms with Gasteiger partial charge in [-0.3, -0.25) is 19.2 Å². The van der Waals surface area contributed by atoms with Gasteiger partial charge in [0.25, 0.3) is 0 Å². The van der Waals surface area contributed by atoms with E-state index in [0.29, 0.717) is 23.0 Å². The van der Waals surface area contributed by atoms with Gasteiger partial charge in [-0.2, -0.15) is 0 Å². The second-order valence-corrected chi connectivity index (χ2v) is 19.9. The van der Waals surface area contributed by atoms with Crippen molar-refractivity contribution in [2.45, 2.75) is 116 Å². The van der Waals surface area contributed by atoms with Crippen molar-refractivity contribution in [1.29, 1.82) is 0 Å². The highest BCUT2D eigenvalue weighted by molar-refractivity contribution is 7.13. The van der Waals surface area contributed by atoms with Gasteiger partial charge in [0.05, 0.1) is 52.4 Å². The lowest BCUT2D eigenvalue weighted by Crippen LogP contribution is -2.50. The monoisotopic (exact) mass is 989 g/mol. The third-order valence-corrected chi connectivity index (χ3v) is 14.0. The first-order valence-electron chi connectivity index (χ1n) is 23.0. The Morgan fingerprint density at radius 3 is 2.42 bits per heavy atom. The van der Waals surface area contributed by atoms with Crippen LogP contribution in [0.1, 0.15) is 88.4 Å². The normalized spacial score (nSPS) is 21.4. The Bertz CT molecular complexity index is 2600. The van der Waals surface area contributed by atoms with Gasteiger partial charge >= 0.3 is 0 Å². The fourth-order valence-electron chi connectivity index (χ4n) is 8.69. The van der Waals surface area contributed by atoms with Gasteiger partial charge in [-0.05, 0) is 53.6 Å². The van der Waals surface area contributed by atoms with Crippen molar-refractivity contribution in [2.24, 2.45) is 11.3 Å². The highest BCUT2D eigenvalue weighted by Gasteiger charge is 2.48. The molecule has 2 aliphatic heterocycles. The van der Waals surface area contributed by atoms with E-state index in [1.807, 2.05) is 52.0 Å². The van der Waals surface area contributed by atoms with Gasteiger partial charge in [0.1, 0.15) is 65.6 Å². The molecular formula is C49H60ClN7O11S. The maximum Gasteiger partial charge on any atom is 0.243 e. The molecule has 8 atom stereocenters. The molecule has 2 amide bonds. The van der Waals surface area contributed by atoms with Gasteiger partial charge < -0.3 is 55.2 Å². The second kappa shape index (κ2) is 22.6. The van der Waals surface area contributed by atoms with Crippen LogP contribution in [0.2, 0.25) is 5.02 Å². The lowest BCUT2D eigenvalue weighted by molar-refractivity contribution is -0.146. The number of aliphatic hydroxyl groups excluding tert-OH is 4. The van der Waals surface area contributed by atoms with Gasteiger partial charge in [-0.15, -0.1) is 11.3 Å². The molecule has 5 aromatic rings. The predicted octanol–water partition coefficient (Wildman–Crippen LogP) is 4.88. The van der Waals surface area contributed by atoms with Gasteiger partial charge in [0.15, 0.2) is 6.23 Å². The van der Waals surface area contributed by atoms with Gasteiger partial charge in [0.2, 0.25) is 11.8 Å². The number of rotatable bonds is 21. The number of anilines is 1. The molecule has 7 N–H and O–H groups in total. The zero-order valence-corrected chi connectivity index (χ0v) is 40.6. The Balaban J connectivity index is 0.810. The summed E-state index contributed by atoms with van der Waals surface area (Å²) in [6.07, 6.45) is -3.78. The number of aryl methyl sites for hydroxylation is 1. The lowest BCUT2D eigenvalue weighted by Gasteiger charge is -2.34. The zero-order chi connectivity index (χ0) is 49.6. The van der Waals surface area contributed by atoms with Crippen LogP contribution in [0, 0.1) is 18.3 Å². The molecule has 7 rings (SSSR count). The molecular weight excluding hydrogens is 930 g/mol. The maximum absolute atomic E-state index is 14.0. The van der Waals surface area contributed by atoms with Crippen LogP contribution in [0.15, 0.2) is 66.6 Å². The average Bonchev–Trinajstić information content (AvgIpc) is 4.12. The molecule has 0 aliphatic carbocycles. The third-order valence-electron chi connectivity index (χ3n) is 12.7. The van der Waals surface area contributed by atoms with Crippen molar-refractivity contribution in [1.82, 2.24) is 29.7 Å². The van der Waals surface area contributed by atoms with E-state index in [2.05, 4.69) is 20.3 Å². The van der Waals surface area contributed by atoms with Crippen molar-refractivity contribution < 1.29 is 53.8 Å². The van der Waals surface area contributed by atoms with E-state index in [0.717, 1.165) is 21.7 Å². The molecule has 20 heteroatoms. The minimum Gasteiger partial charge on any atom is -0.492 e. The summed E-state index contributed by atoms with van der Waals surface area (Å²) in [5, 5.41) is 47.4. The number of hydrogen-bond acceptors (Lipinski definition) is 16. The van der Waals surface area contributed by atoms with E-state index in [1.54, 1.807) is 35.2 Å². The number of Topliss-reactive ketones (excluding diaryl/α,β-unsaturated/α-hetero) is 2. The summed E-state index contributed by atoms with van der Waals surface area (Å²) in [5.41, 5.74) is 10.7. The quantitative estimate of drug-likeness (QED) is 0.0536. The Kier molecular flexibility index (Phi) is 16.8. The van der Waals surface area contributed by atoms with Crippen molar-refractivity contribution in [3.63, 3.8) is 0 Å². The molecule has 2 aliphatic rings. The Labute approximate surface area is 408 Å². The summed E-state index contributed by atoms with van der Waals surface area (Å²) in [7, 11) is 0. The minimum absolute atomic E-state index is 0.00752. The number of nitrogens with two attached hydrogens (primary N) is 1. The Morgan fingerprint density at radius 1 is 0.971 bits per heavy atom. The molecule has 370 valence electrons. The molecule has 2 saturated heterocycles. The number of benzene rings is 2. The molecule has 5 heterocycles. The van der Waals surface area contributed by atoms with Crippen LogP contribution in [0.25, 0.3) is 21.5 Å². The average molecular weight is 991 g/mol. The zero-order valence-electron chi connectivity index (χ0n) is 39.0. The largest absolute Gasteiger partial charge is 0.492 e. The molecule has 0 unspecified atom stereocenters. The van der Waals surface area contributed by atoms with Crippen LogP contribution >= 0.6 is 22.9 Å². The Morgan fingerprint density at radius 2 is 1.71 bits per heavy atom. The van der Waals surface area contributed by atoms with E-state index >= 15 is 0 Å². The molecule has 0 spiro atoms. The van der Waals surface area contributed by atoms with E-state index in [1.165, 1.54) is 27.9 Å². The molecule has 2 aromatic carbocycles. The number of carbonyl (C=O) groups is 4. The standard InChI is InChI=1S/C49H60ClN7O11S/c1-27-43(69-26-55-27)29-9-7-28(8-10-29)23-52-46(64)37-22-33(60)24-57(37)47(65)35(49(2,3)4)21-32(59)15-19-66-18-14-31(58)6-5-17-67-38-20-30(11-12-36(38)50)39(61)42-40(62)41(63)48(68-42)56-16-13-34-44(51)53-25-54-45(34)56/h7-13,16,20,25-26,33,35,37,39-42,48,60-63H,5-6,14-15,17-19,21-24H2,1-4H3,(H,52,64)(H2,51,53,54)/t33-,35-,37+,39-,40+,41-,42-,48-/m1/s1. The number of ketones is 2. The first-order chi connectivity index (χ1) is 32.9. The topological polar surface area (TPSA) is 262 Å². The number of likely N-dealkylation sites (tertiary alicyclic amines) is 1. The van der Waals surface area contributed by atoms with E-state index < -0.39 is 54.1 Å². The molecule has 2 fully saturated rings. The molecule has 0 saturated carbocycles. The number of aromatic nitrogens is 4. The number of amides is 2. The molecule has 69 heavy (non-hydrogen) atoms. The number of hydrogen-bond donors (Lipinski definition) is 6. The first kappa shape index (κ1) is 51.5. The van der Waals surface area contributed by atoms with Crippen LogP contribution in [-0.2, 0) is 35.2 Å². The van der Waals surface area contributed by atoms with Crippen molar-refractivity contribution >= 4 is 63.2 Å². The summed E-state index contributed by atoms with van der Waals surface area (Å²) in [6.45, 7) is 8.10. The molecule has 3 aromatic heterocycles. The maximum atomic E-state index is 14.0. The molecule has 0 radical (unpaired) electrons. The molecule has 18 nitrogen and oxygen atoms in total. The van der Waals surface area contributed by atoms with E-state index in [4.69, 9.17) is 31.5 Å². The first-order valence-corrected chi connectivity index (χ1v) is 24.2. The van der Waals surface area contributed by atoms with Crippen LogP contribution in [-0.4, -0.2) is 125 Å². The number of nitrogens with zero attached hydrogens (tertiary/aromatic N) is 5. The Hall–Kier alpha value is -5.38. The number of halogens is 1. The number of thiazole rings is 1. The SMILES string of the molecule is Cc1ncsc1-c1ccc(CNC(=O)[C@@H]2C[C@@H](O)CN2C(=O)[C@@H](CC(=O)CCOCCC(=O)CCCOc2cc([C@@H](O)[C@H]3O[C@@H](n4ccc5c(N)ncnc54)[C@H](O)[C@@H]3O)ccc2Cl)C(C)(C)C)cc1. The van der Waals surface area contributed by atoms with E-state index in [-0.39, 0.29) is 105 Å². The number of aliphatic hydroxyl groups is 4. The van der Waals surface area contributed by atoms with Crippen LogP contribution in [0.4, 0.5) is 5.82 Å². The molecule has 0 bridgehead atoms. The number of β-amino-alcohol motifs (C(OH)–C–C–N with tert-alkyl or cyclic N) is 1. The number of nitrogens with one attached hydrogen (secondary N) is 1. The van der Waals surface area contributed by atoms with Gasteiger partial charge in [-0.1, -0.05) is 62.7 Å². The number of fused-ring (bicyclic) bond motifs is 1. The highest BCUT2D eigenvalue weighted by Crippen LogP contribution is 2.40. The van der Waals surface area contributed by atoms with Crippen LogP contribution in [0.3, 0.4) is 0 Å². The highest BCUT2D eigenvalue weighted by atomic mass is 35.5. The third kappa shape index (κ3) is 12.3. The summed E-state index contributed by atoms with van der Waals surface area (Å²) in [6, 6.07) is 13.2. The van der Waals surface area contributed by atoms with Crippen LogP contribution in [0.5, 0.6) is 5.75 Å².